The molecule has 0 aliphatic heterocycles. The van der Waals surface area contributed by atoms with E-state index in [0.29, 0.717) is 12.1 Å². The van der Waals surface area contributed by atoms with Crippen molar-refractivity contribution in [1.82, 2.24) is 15.2 Å². The number of nitrogens with one attached hydrogen (secondary N) is 1. The van der Waals surface area contributed by atoms with Crippen molar-refractivity contribution in [3.8, 4) is 11.5 Å². The zero-order valence-corrected chi connectivity index (χ0v) is 24.9. The van der Waals surface area contributed by atoms with Crippen LogP contribution in [0.4, 0.5) is 28.7 Å². The number of aromatic carboxylic acids is 1. The van der Waals surface area contributed by atoms with E-state index in [2.05, 4.69) is 30.5 Å². The van der Waals surface area contributed by atoms with Gasteiger partial charge in [0.25, 0.3) is 36.3 Å². The van der Waals surface area contributed by atoms with E-state index in [-0.39, 0.29) is 5.69 Å². The second-order valence-electron chi connectivity index (χ2n) is 8.08. The van der Waals surface area contributed by atoms with Gasteiger partial charge in [-0.1, -0.05) is 13.8 Å². The number of nitrogens with zero attached hydrogens (tertiary/aromatic N) is 6. The Hall–Kier alpha value is -5.14. The minimum Gasteiger partial charge on any atom is -0.505 e. The third-order valence-corrected chi connectivity index (χ3v) is 7.86. The molecular formula is C21H20N8O13S3. The zero-order chi connectivity index (χ0) is 34.1. The average Bonchev–Trinajstić information content (AvgIpc) is 3.41. The molecule has 4 aromatic rings. The molecule has 0 aliphatic carbocycles. The molecule has 45 heavy (non-hydrogen) atoms. The van der Waals surface area contributed by atoms with Crippen molar-refractivity contribution >= 4 is 75.8 Å². The number of hydrogen-bond donors (Lipinski definition) is 8. The van der Waals surface area contributed by atoms with Crippen molar-refractivity contribution in [2.75, 3.05) is 5.73 Å². The summed E-state index contributed by atoms with van der Waals surface area (Å²) in [5, 5.41) is 48.4. The molecule has 0 saturated carbocycles. The van der Waals surface area contributed by atoms with Gasteiger partial charge in [-0.05, 0) is 35.7 Å². The molecule has 1 heterocycles. The number of fused-ring (bicyclic) bond motifs is 1. The van der Waals surface area contributed by atoms with E-state index >= 15 is 0 Å². The number of H-pyrrole nitrogens is 1. The minimum absolute atomic E-state index is 0.135. The molecule has 240 valence electrons. The first kappa shape index (κ1) is 34.4. The van der Waals surface area contributed by atoms with Crippen LogP contribution in [0.1, 0.15) is 24.5 Å². The monoisotopic (exact) mass is 688 g/mol. The van der Waals surface area contributed by atoms with Crippen LogP contribution in [-0.4, -0.2) is 75.4 Å². The van der Waals surface area contributed by atoms with Gasteiger partial charge in [-0.3, -0.25) is 18.8 Å². The highest BCUT2D eigenvalue weighted by atomic mass is 32.2. The van der Waals surface area contributed by atoms with Crippen LogP contribution >= 0.6 is 0 Å². The Labute approximate surface area is 252 Å². The molecule has 0 aliphatic rings. The summed E-state index contributed by atoms with van der Waals surface area (Å²) < 4.78 is 101. The summed E-state index contributed by atoms with van der Waals surface area (Å²) in [5.41, 5.74) is 2.55. The van der Waals surface area contributed by atoms with Crippen LogP contribution in [0, 0.1) is 0 Å². The van der Waals surface area contributed by atoms with Crippen LogP contribution in [0.3, 0.4) is 0 Å². The largest absolute Gasteiger partial charge is 0.505 e. The first-order chi connectivity index (χ1) is 20.8. The number of anilines is 1. The lowest BCUT2D eigenvalue weighted by molar-refractivity contribution is 0.0684. The molecule has 24 heteroatoms. The van der Waals surface area contributed by atoms with E-state index in [1.54, 1.807) is 0 Å². The molecule has 21 nitrogen and oxygen atoms in total. The first-order valence-corrected chi connectivity index (χ1v) is 16.0. The number of aromatic nitrogens is 3. The molecule has 4 rings (SSSR count). The highest BCUT2D eigenvalue weighted by molar-refractivity contribution is 7.86. The Morgan fingerprint density at radius 2 is 1.27 bits per heavy atom. The number of carboxylic acids is 1. The second kappa shape index (κ2) is 12.5. The van der Waals surface area contributed by atoms with Crippen molar-refractivity contribution in [2.45, 2.75) is 28.5 Å². The highest BCUT2D eigenvalue weighted by Crippen LogP contribution is 2.50. The summed E-state index contributed by atoms with van der Waals surface area (Å²) in [5.74, 6) is -5.50. The molecule has 0 spiro atoms. The quantitative estimate of drug-likeness (QED) is 0.0747. The number of aromatic hydroxyl groups is 2. The van der Waals surface area contributed by atoms with Gasteiger partial charge in [0.15, 0.2) is 11.5 Å². The van der Waals surface area contributed by atoms with Gasteiger partial charge in [-0.2, -0.15) is 30.2 Å². The van der Waals surface area contributed by atoms with Gasteiger partial charge in [0.1, 0.15) is 31.7 Å². The number of carboxylic acid groups (broad SMARTS) is 1. The lowest BCUT2D eigenvalue weighted by atomic mass is 10.1. The fraction of sp³-hybridized carbons (Fsp3) is 0.0952. The minimum atomic E-state index is -5.32. The van der Waals surface area contributed by atoms with E-state index in [4.69, 9.17) is 10.8 Å². The molecule has 0 atom stereocenters. The molecule has 0 amide bonds. The summed E-state index contributed by atoms with van der Waals surface area (Å²) in [4.78, 5) is 11.0. The molecular weight excluding hydrogens is 668 g/mol. The van der Waals surface area contributed by atoms with Crippen molar-refractivity contribution in [2.24, 2.45) is 20.5 Å². The Bertz CT molecular complexity index is 2230. The smallest absolute Gasteiger partial charge is 0.373 e. The Morgan fingerprint density at radius 3 is 1.71 bits per heavy atom. The first-order valence-electron chi connectivity index (χ1n) is 11.7. The fourth-order valence-corrected chi connectivity index (χ4v) is 5.43. The summed E-state index contributed by atoms with van der Waals surface area (Å²) in [6.45, 7) is 4.00. The lowest BCUT2D eigenvalue weighted by Crippen LogP contribution is -2.02. The van der Waals surface area contributed by atoms with E-state index in [1.807, 2.05) is 18.9 Å². The third-order valence-electron chi connectivity index (χ3n) is 5.24. The molecule has 3 aromatic carbocycles. The molecule has 0 fully saturated rings. The number of rotatable bonds is 8. The van der Waals surface area contributed by atoms with Crippen molar-refractivity contribution in [3.63, 3.8) is 0 Å². The molecule has 1 aromatic heterocycles. The Balaban J connectivity index is 0.00000271. The zero-order valence-electron chi connectivity index (χ0n) is 22.4. The van der Waals surface area contributed by atoms with E-state index in [0.717, 1.165) is 18.2 Å². The van der Waals surface area contributed by atoms with Gasteiger partial charge in [-0.15, -0.1) is 25.6 Å². The third kappa shape index (κ3) is 7.33. The number of phenolic OH excluding ortho intramolecular Hbond substituents is 2. The maximum Gasteiger partial charge on any atom is 0.373 e. The van der Waals surface area contributed by atoms with Gasteiger partial charge >= 0.3 is 5.97 Å². The van der Waals surface area contributed by atoms with Crippen molar-refractivity contribution < 1.29 is 59.0 Å². The maximum atomic E-state index is 12.1. The van der Waals surface area contributed by atoms with Crippen LogP contribution in [0.5, 0.6) is 11.5 Å². The number of benzene rings is 3. The van der Waals surface area contributed by atoms with Gasteiger partial charge < -0.3 is 21.1 Å². The molecule has 0 unspecified atom stereocenters. The van der Waals surface area contributed by atoms with Crippen LogP contribution < -0.4 is 5.73 Å². The van der Waals surface area contributed by atoms with Gasteiger partial charge in [-0.25, -0.2) is 4.79 Å². The standard InChI is InChI=1S/C19H14N8O13S3.C2H6/c20-7-1-2-8(9(5-7)41(32,33)34)22-23-13-10(42(35,36)37)3-6-4-11(43(38,39)40)14(16(29)12(6)15(13)28)24-26-19-21-17(18(30)31)25-27-19;1-2/h1-5,28-29H,20H2,(H,30,31)(H,21,25,27)(H,32,33,34)(H,35,36,37)(H,38,39,40);1-2H3. The van der Waals surface area contributed by atoms with Gasteiger partial charge in [0, 0.05) is 5.69 Å². The summed E-state index contributed by atoms with van der Waals surface area (Å²) in [6, 6.07) is 3.88. The summed E-state index contributed by atoms with van der Waals surface area (Å²) >= 11 is 0. The average molecular weight is 689 g/mol. The highest BCUT2D eigenvalue weighted by Gasteiger charge is 2.29. The van der Waals surface area contributed by atoms with E-state index in [9.17, 15) is 53.9 Å². The number of nitrogens with two attached hydrogens (primary N) is 1. The number of carbonyl (C=O) groups is 1. The maximum absolute atomic E-state index is 12.1. The van der Waals surface area contributed by atoms with Gasteiger partial charge in [0.2, 0.25) is 5.82 Å². The molecule has 9 N–H and O–H groups in total. The normalized spacial score (nSPS) is 12.5. The number of hydrogen-bond acceptors (Lipinski definition) is 16. The lowest BCUT2D eigenvalue weighted by Gasteiger charge is -2.13. The van der Waals surface area contributed by atoms with E-state index < -0.39 is 102 Å². The number of nitrogen functional groups attached to an aromatic ring is 1. The van der Waals surface area contributed by atoms with Crippen LogP contribution in [0.2, 0.25) is 0 Å². The van der Waals surface area contributed by atoms with Crippen molar-refractivity contribution in [1.29, 1.82) is 0 Å². The predicted molar refractivity (Wildman–Crippen MR) is 151 cm³/mol. The Kier molecular flexibility index (Phi) is 9.51. The Morgan fingerprint density at radius 1 is 0.778 bits per heavy atom. The second-order valence-corrected chi connectivity index (χ2v) is 12.3. The fourth-order valence-electron chi connectivity index (χ4n) is 3.46. The summed E-state index contributed by atoms with van der Waals surface area (Å²) in [7, 11) is -15.6. The predicted octanol–water partition coefficient (Wildman–Crippen LogP) is 3.25. The molecule has 0 bridgehead atoms. The summed E-state index contributed by atoms with van der Waals surface area (Å²) in [6.07, 6.45) is 0. The van der Waals surface area contributed by atoms with E-state index in [1.165, 1.54) is 0 Å². The molecule has 0 radical (unpaired) electrons. The van der Waals surface area contributed by atoms with Crippen LogP contribution in [-0.2, 0) is 30.4 Å². The van der Waals surface area contributed by atoms with Crippen molar-refractivity contribution in [3.05, 3.63) is 36.2 Å². The van der Waals surface area contributed by atoms with Crippen LogP contribution in [0.15, 0.2) is 65.5 Å². The number of azo groups is 2. The molecule has 0 saturated heterocycles. The number of phenols is 2. The van der Waals surface area contributed by atoms with Crippen LogP contribution in [0.25, 0.3) is 10.8 Å². The SMILES string of the molecule is CC.Nc1ccc(N=Nc2c(S(=O)(=O)O)cc3cc(S(=O)(=O)O)c(N=Nc4n[nH]c(C(=O)O)n4)c(O)c3c2O)c(S(=O)(=O)O)c1. The topological polar surface area (TPSA) is 358 Å². The number of aromatic amines is 1. The van der Waals surface area contributed by atoms with Gasteiger partial charge in [0.05, 0.1) is 5.39 Å².